The molecule has 1 heterocycles. The molecule has 0 bridgehead atoms. The first-order chi connectivity index (χ1) is 12.6. The van der Waals surface area contributed by atoms with E-state index in [-0.39, 0.29) is 5.60 Å². The van der Waals surface area contributed by atoms with Crippen LogP contribution in [0.5, 0.6) is 0 Å². The second kappa shape index (κ2) is 10.7. The molecular formula is C19H35N5OS. The average Bonchev–Trinajstić information content (AvgIpc) is 3.13. The van der Waals surface area contributed by atoms with Gasteiger partial charge < -0.3 is 20.3 Å². The lowest BCUT2D eigenvalue weighted by molar-refractivity contribution is -0.0657. The van der Waals surface area contributed by atoms with Crippen molar-refractivity contribution < 1.29 is 4.74 Å². The maximum atomic E-state index is 6.28. The summed E-state index contributed by atoms with van der Waals surface area (Å²) in [6, 6.07) is 0. The molecule has 1 aliphatic carbocycles. The van der Waals surface area contributed by atoms with Crippen molar-refractivity contribution in [3.05, 3.63) is 11.1 Å². The highest BCUT2D eigenvalue weighted by Crippen LogP contribution is 2.31. The Hall–Kier alpha value is -1.34. The first-order valence-corrected chi connectivity index (χ1v) is 10.7. The number of thiazole rings is 1. The van der Waals surface area contributed by atoms with Gasteiger partial charge in [0.2, 0.25) is 0 Å². The molecule has 0 spiro atoms. The number of hydrogen-bond donors (Lipinski definition) is 2. The van der Waals surface area contributed by atoms with E-state index in [1.807, 2.05) is 19.0 Å². The number of aliphatic imine (C=N–C) groups is 1. The van der Waals surface area contributed by atoms with Crippen molar-refractivity contribution in [3.8, 4) is 0 Å². The summed E-state index contributed by atoms with van der Waals surface area (Å²) in [4.78, 5) is 11.3. The van der Waals surface area contributed by atoms with Gasteiger partial charge in [0.1, 0.15) is 0 Å². The lowest BCUT2D eigenvalue weighted by atomic mass is 9.84. The molecule has 2 rings (SSSR count). The van der Waals surface area contributed by atoms with Gasteiger partial charge in [0, 0.05) is 39.2 Å². The van der Waals surface area contributed by atoms with E-state index >= 15 is 0 Å². The maximum Gasteiger partial charge on any atom is 0.191 e. The van der Waals surface area contributed by atoms with Gasteiger partial charge in [0.05, 0.1) is 17.8 Å². The van der Waals surface area contributed by atoms with E-state index in [0.29, 0.717) is 6.54 Å². The second-order valence-electron chi connectivity index (χ2n) is 7.16. The van der Waals surface area contributed by atoms with Crippen LogP contribution in [-0.2, 0) is 11.3 Å². The number of aromatic nitrogens is 1. The Bertz CT molecular complexity index is 552. The molecule has 2 N–H and O–H groups in total. The number of guanidine groups is 1. The number of rotatable bonds is 9. The predicted octanol–water partition coefficient (Wildman–Crippen LogP) is 3.39. The summed E-state index contributed by atoms with van der Waals surface area (Å²) >= 11 is 1.65. The van der Waals surface area contributed by atoms with Gasteiger partial charge in [-0.1, -0.05) is 26.2 Å². The lowest BCUT2D eigenvalue weighted by Gasteiger charge is -2.37. The topological polar surface area (TPSA) is 61.8 Å². The minimum Gasteiger partial charge on any atom is -0.373 e. The molecule has 0 atom stereocenters. The van der Waals surface area contributed by atoms with E-state index in [9.17, 15) is 0 Å². The second-order valence-corrected chi connectivity index (χ2v) is 7.99. The van der Waals surface area contributed by atoms with Crippen LogP contribution in [0.4, 0.5) is 5.13 Å². The third-order valence-corrected chi connectivity index (χ3v) is 5.68. The standard InChI is InChI=1S/C19H35N5OS/c1-5-12-25-19(10-8-7-9-11-19)15-22-17(20-6-2)21-13-16-14-26-18(23-16)24(3)4/h14H,5-13,15H2,1-4H3,(H2,20,21,22). The van der Waals surface area contributed by atoms with Crippen LogP contribution in [0.3, 0.4) is 0 Å². The minimum absolute atomic E-state index is 0.0385. The van der Waals surface area contributed by atoms with Gasteiger partial charge in [-0.2, -0.15) is 0 Å². The minimum atomic E-state index is -0.0385. The Balaban J connectivity index is 1.96. The van der Waals surface area contributed by atoms with Crippen molar-refractivity contribution in [2.45, 2.75) is 64.5 Å². The smallest absolute Gasteiger partial charge is 0.191 e. The van der Waals surface area contributed by atoms with E-state index in [1.54, 1.807) is 11.3 Å². The maximum absolute atomic E-state index is 6.28. The molecule has 0 amide bonds. The van der Waals surface area contributed by atoms with Crippen LogP contribution < -0.4 is 15.5 Å². The summed E-state index contributed by atoms with van der Waals surface area (Å²) < 4.78 is 6.28. The van der Waals surface area contributed by atoms with Crippen molar-refractivity contribution in [2.75, 3.05) is 38.7 Å². The molecule has 1 fully saturated rings. The predicted molar refractivity (Wildman–Crippen MR) is 111 cm³/mol. The average molecular weight is 382 g/mol. The Morgan fingerprint density at radius 2 is 2.04 bits per heavy atom. The Morgan fingerprint density at radius 1 is 1.27 bits per heavy atom. The fraction of sp³-hybridized carbons (Fsp3) is 0.789. The summed E-state index contributed by atoms with van der Waals surface area (Å²) in [6.07, 6.45) is 7.17. The first kappa shape index (κ1) is 21.0. The molecular weight excluding hydrogens is 346 g/mol. The summed E-state index contributed by atoms with van der Waals surface area (Å²) in [6.45, 7) is 7.34. The summed E-state index contributed by atoms with van der Waals surface area (Å²) in [5, 5.41) is 9.96. The van der Waals surface area contributed by atoms with Gasteiger partial charge in [0.25, 0.3) is 0 Å². The van der Waals surface area contributed by atoms with Crippen molar-refractivity contribution in [1.82, 2.24) is 15.6 Å². The van der Waals surface area contributed by atoms with Gasteiger partial charge in [-0.15, -0.1) is 11.3 Å². The third-order valence-electron chi connectivity index (χ3n) is 4.62. The molecule has 26 heavy (non-hydrogen) atoms. The van der Waals surface area contributed by atoms with Crippen LogP contribution in [-0.4, -0.2) is 50.3 Å². The van der Waals surface area contributed by atoms with Crippen molar-refractivity contribution in [1.29, 1.82) is 0 Å². The zero-order valence-electron chi connectivity index (χ0n) is 16.8. The normalized spacial score (nSPS) is 17.2. The molecule has 7 heteroatoms. The fourth-order valence-electron chi connectivity index (χ4n) is 3.21. The van der Waals surface area contributed by atoms with Crippen LogP contribution in [0, 0.1) is 0 Å². The zero-order valence-corrected chi connectivity index (χ0v) is 17.6. The molecule has 148 valence electrons. The lowest BCUT2D eigenvalue weighted by Crippen LogP contribution is -2.49. The van der Waals surface area contributed by atoms with Gasteiger partial charge in [-0.05, 0) is 26.2 Å². The number of nitrogens with zero attached hydrogens (tertiary/aromatic N) is 3. The monoisotopic (exact) mass is 381 g/mol. The van der Waals surface area contributed by atoms with Gasteiger partial charge in [-0.3, -0.25) is 0 Å². The summed E-state index contributed by atoms with van der Waals surface area (Å²) in [5.74, 6) is 0.844. The van der Waals surface area contributed by atoms with Crippen molar-refractivity contribution >= 4 is 22.4 Å². The molecule has 0 aromatic carbocycles. The highest BCUT2D eigenvalue weighted by molar-refractivity contribution is 7.13. The SMILES string of the molecule is CCCOC1(CNC(=NCc2csc(N(C)C)n2)NCC)CCCCC1. The highest BCUT2D eigenvalue weighted by atomic mass is 32.1. The summed E-state index contributed by atoms with van der Waals surface area (Å²) in [7, 11) is 4.02. The molecule has 1 aromatic heterocycles. The van der Waals surface area contributed by atoms with Crippen molar-refractivity contribution in [2.24, 2.45) is 4.99 Å². The number of ether oxygens (including phenoxy) is 1. The van der Waals surface area contributed by atoms with E-state index in [1.165, 1.54) is 19.3 Å². The van der Waals surface area contributed by atoms with Crippen LogP contribution in [0.15, 0.2) is 10.4 Å². The van der Waals surface area contributed by atoms with E-state index in [4.69, 9.17) is 9.73 Å². The van der Waals surface area contributed by atoms with Gasteiger partial charge in [-0.25, -0.2) is 9.98 Å². The summed E-state index contributed by atoms with van der Waals surface area (Å²) in [5.41, 5.74) is 0.967. The molecule has 1 saturated carbocycles. The van der Waals surface area contributed by atoms with E-state index in [2.05, 4.69) is 34.8 Å². The van der Waals surface area contributed by atoms with E-state index < -0.39 is 0 Å². The molecule has 0 unspecified atom stereocenters. The highest BCUT2D eigenvalue weighted by Gasteiger charge is 2.32. The molecule has 6 nitrogen and oxygen atoms in total. The largest absolute Gasteiger partial charge is 0.373 e. The molecule has 0 saturated heterocycles. The van der Waals surface area contributed by atoms with Crippen LogP contribution in [0.2, 0.25) is 0 Å². The molecule has 1 aliphatic rings. The fourth-order valence-corrected chi connectivity index (χ4v) is 3.96. The number of nitrogens with one attached hydrogen (secondary N) is 2. The van der Waals surface area contributed by atoms with Crippen LogP contribution in [0.1, 0.15) is 58.1 Å². The zero-order chi connectivity index (χ0) is 18.8. The van der Waals surface area contributed by atoms with Crippen LogP contribution in [0.25, 0.3) is 0 Å². The Labute approximate surface area is 162 Å². The third kappa shape index (κ3) is 6.43. The van der Waals surface area contributed by atoms with Crippen LogP contribution >= 0.6 is 11.3 Å². The number of hydrogen-bond acceptors (Lipinski definition) is 5. The quantitative estimate of drug-likeness (QED) is 0.507. The number of anilines is 1. The molecule has 0 radical (unpaired) electrons. The van der Waals surface area contributed by atoms with Crippen molar-refractivity contribution in [3.63, 3.8) is 0 Å². The first-order valence-electron chi connectivity index (χ1n) is 9.86. The Kier molecular flexibility index (Phi) is 8.65. The molecule has 0 aliphatic heterocycles. The Morgan fingerprint density at radius 3 is 2.65 bits per heavy atom. The molecule has 1 aromatic rings. The van der Waals surface area contributed by atoms with Gasteiger partial charge in [0.15, 0.2) is 11.1 Å². The van der Waals surface area contributed by atoms with E-state index in [0.717, 1.165) is 55.7 Å². The van der Waals surface area contributed by atoms with Gasteiger partial charge >= 0.3 is 0 Å².